The molecule has 1 amide bonds. The van der Waals surface area contributed by atoms with Crippen molar-refractivity contribution in [3.63, 3.8) is 0 Å². The van der Waals surface area contributed by atoms with E-state index < -0.39 is 41.1 Å². The van der Waals surface area contributed by atoms with Crippen LogP contribution in [0.5, 0.6) is 0 Å². The van der Waals surface area contributed by atoms with Gasteiger partial charge in [-0.05, 0) is 32.0 Å². The number of hydrogen-bond donors (Lipinski definition) is 1. The summed E-state index contributed by atoms with van der Waals surface area (Å²) in [6.45, 7) is 8.65. The number of rotatable bonds is 5. The zero-order chi connectivity index (χ0) is 27.8. The monoisotopic (exact) mass is 538 g/mol. The maximum absolute atomic E-state index is 14.6. The number of alkyl halides is 3. The van der Waals surface area contributed by atoms with E-state index >= 15 is 0 Å². The third-order valence-corrected chi connectivity index (χ3v) is 6.45. The highest BCUT2D eigenvalue weighted by Crippen LogP contribution is 2.42. The second-order valence-electron chi connectivity index (χ2n) is 10.3. The Kier molecular flexibility index (Phi) is 7.67. The first-order chi connectivity index (χ1) is 17.8. The molecule has 0 spiro atoms. The highest BCUT2D eigenvalue weighted by molar-refractivity contribution is 6.17. The van der Waals surface area contributed by atoms with E-state index in [9.17, 15) is 27.2 Å². The van der Waals surface area contributed by atoms with Crippen molar-refractivity contribution in [2.24, 2.45) is 0 Å². The van der Waals surface area contributed by atoms with Crippen LogP contribution in [0.25, 0.3) is 5.57 Å². The Bertz CT molecular complexity index is 1250. The van der Waals surface area contributed by atoms with Crippen molar-refractivity contribution in [2.75, 3.05) is 32.8 Å². The van der Waals surface area contributed by atoms with Crippen LogP contribution in [0.1, 0.15) is 60.6 Å². The van der Waals surface area contributed by atoms with E-state index in [1.54, 1.807) is 13.8 Å². The van der Waals surface area contributed by atoms with Crippen LogP contribution in [-0.2, 0) is 32.4 Å². The summed E-state index contributed by atoms with van der Waals surface area (Å²) in [5, 5.41) is 5.82. The quantitative estimate of drug-likeness (QED) is 0.455. The highest BCUT2D eigenvalue weighted by Gasteiger charge is 2.46. The van der Waals surface area contributed by atoms with Gasteiger partial charge in [0.25, 0.3) is 5.91 Å². The molecule has 2 aliphatic rings. The largest absolute Gasteiger partial charge is 0.459 e. The molecule has 0 unspecified atom stereocenters. The summed E-state index contributed by atoms with van der Waals surface area (Å²) < 4.78 is 66.9. The summed E-state index contributed by atoms with van der Waals surface area (Å²) in [7, 11) is 0. The van der Waals surface area contributed by atoms with Gasteiger partial charge in [-0.2, -0.15) is 18.3 Å². The molecule has 0 bridgehead atoms. The number of carbonyl (C=O) groups is 2. The molecule has 0 radical (unpaired) electrons. The molecule has 1 saturated heterocycles. The molecule has 0 saturated carbocycles. The van der Waals surface area contributed by atoms with E-state index in [2.05, 4.69) is 10.2 Å². The van der Waals surface area contributed by atoms with Crippen molar-refractivity contribution < 1.29 is 36.6 Å². The fourth-order valence-electron chi connectivity index (χ4n) is 4.73. The number of hydrogen-bond acceptors (Lipinski definition) is 6. The molecular weight excluding hydrogens is 508 g/mol. The van der Waals surface area contributed by atoms with E-state index in [0.717, 1.165) is 0 Å². The SMILES string of the molecule is CC(C)OC(=O)C1=CN(C(=O)c2ccc(F)c(CN3CCOCC3)c2)CC(C)(C)c2c(C(F)(F)F)n[nH]c21. The van der Waals surface area contributed by atoms with Gasteiger partial charge >= 0.3 is 12.1 Å². The Labute approximate surface area is 217 Å². The smallest absolute Gasteiger partial charge is 0.435 e. The number of aromatic amines is 1. The van der Waals surface area contributed by atoms with Gasteiger partial charge in [-0.1, -0.05) is 13.8 Å². The van der Waals surface area contributed by atoms with Crippen LogP contribution in [0.2, 0.25) is 0 Å². The van der Waals surface area contributed by atoms with Crippen LogP contribution in [-0.4, -0.2) is 70.8 Å². The third kappa shape index (κ3) is 5.75. The number of aromatic nitrogens is 2. The molecule has 1 fully saturated rings. The number of ether oxygens (including phenoxy) is 2. The van der Waals surface area contributed by atoms with Gasteiger partial charge in [0.05, 0.1) is 25.0 Å². The number of amides is 1. The number of carbonyl (C=O) groups excluding carboxylic acids is 2. The Morgan fingerprint density at radius 2 is 1.89 bits per heavy atom. The zero-order valence-corrected chi connectivity index (χ0v) is 21.6. The van der Waals surface area contributed by atoms with Crippen molar-refractivity contribution >= 4 is 17.4 Å². The Morgan fingerprint density at radius 3 is 2.53 bits per heavy atom. The van der Waals surface area contributed by atoms with Crippen molar-refractivity contribution in [3.8, 4) is 0 Å². The normalized spacial score (nSPS) is 18.1. The number of nitrogens with zero attached hydrogens (tertiary/aromatic N) is 3. The number of morpholine rings is 1. The number of nitrogens with one attached hydrogen (secondary N) is 1. The first kappa shape index (κ1) is 27.8. The lowest BCUT2D eigenvalue weighted by Crippen LogP contribution is -2.38. The molecule has 1 N–H and O–H groups in total. The second-order valence-corrected chi connectivity index (χ2v) is 10.3. The highest BCUT2D eigenvalue weighted by atomic mass is 19.4. The van der Waals surface area contributed by atoms with E-state index in [-0.39, 0.29) is 35.5 Å². The van der Waals surface area contributed by atoms with Gasteiger partial charge in [0.15, 0.2) is 5.69 Å². The van der Waals surface area contributed by atoms with Crippen LogP contribution in [0, 0.1) is 5.82 Å². The Morgan fingerprint density at radius 1 is 1.21 bits per heavy atom. The van der Waals surface area contributed by atoms with Gasteiger partial charge in [0, 0.05) is 54.5 Å². The third-order valence-electron chi connectivity index (χ3n) is 6.45. The van der Waals surface area contributed by atoms with Crippen LogP contribution >= 0.6 is 0 Å². The molecule has 2 aromatic rings. The molecule has 4 rings (SSSR count). The van der Waals surface area contributed by atoms with Crippen LogP contribution in [0.3, 0.4) is 0 Å². The van der Waals surface area contributed by atoms with Crippen molar-refractivity contribution in [3.05, 3.63) is 58.3 Å². The summed E-state index contributed by atoms with van der Waals surface area (Å²) in [4.78, 5) is 29.8. The number of halogens is 4. The lowest BCUT2D eigenvalue weighted by Gasteiger charge is -2.30. The average molecular weight is 539 g/mol. The van der Waals surface area contributed by atoms with E-state index in [1.165, 1.54) is 43.1 Å². The molecular formula is C26H30F4N4O4. The Balaban J connectivity index is 1.74. The van der Waals surface area contributed by atoms with E-state index in [1.807, 2.05) is 4.90 Å². The lowest BCUT2D eigenvalue weighted by atomic mass is 9.81. The molecule has 38 heavy (non-hydrogen) atoms. The van der Waals surface area contributed by atoms with Crippen LogP contribution in [0.15, 0.2) is 24.4 Å². The summed E-state index contributed by atoms with van der Waals surface area (Å²) in [6.07, 6.45) is -4.17. The topological polar surface area (TPSA) is 87.8 Å². The van der Waals surface area contributed by atoms with E-state index in [0.29, 0.717) is 31.9 Å². The number of benzene rings is 1. The van der Waals surface area contributed by atoms with Gasteiger partial charge in [-0.25, -0.2) is 9.18 Å². The molecule has 12 heteroatoms. The predicted octanol–water partition coefficient (Wildman–Crippen LogP) is 4.13. The summed E-state index contributed by atoms with van der Waals surface area (Å²) in [5.41, 5.74) is -2.64. The fourth-order valence-corrected chi connectivity index (χ4v) is 4.73. The molecule has 2 aliphatic heterocycles. The molecule has 0 atom stereocenters. The van der Waals surface area contributed by atoms with Gasteiger partial charge in [0.2, 0.25) is 0 Å². The van der Waals surface area contributed by atoms with Crippen molar-refractivity contribution in [2.45, 2.75) is 51.9 Å². The lowest BCUT2D eigenvalue weighted by molar-refractivity contribution is -0.142. The van der Waals surface area contributed by atoms with Gasteiger partial charge in [-0.15, -0.1) is 0 Å². The van der Waals surface area contributed by atoms with Crippen molar-refractivity contribution in [1.82, 2.24) is 20.0 Å². The number of H-pyrrole nitrogens is 1. The number of fused-ring (bicyclic) bond motifs is 1. The van der Waals surface area contributed by atoms with Crippen LogP contribution in [0.4, 0.5) is 17.6 Å². The van der Waals surface area contributed by atoms with Gasteiger partial charge in [0.1, 0.15) is 11.4 Å². The van der Waals surface area contributed by atoms with Gasteiger partial charge < -0.3 is 14.4 Å². The minimum atomic E-state index is -4.79. The van der Waals surface area contributed by atoms with Crippen LogP contribution < -0.4 is 0 Å². The minimum absolute atomic E-state index is 0.137. The van der Waals surface area contributed by atoms with E-state index in [4.69, 9.17) is 9.47 Å². The summed E-state index contributed by atoms with van der Waals surface area (Å²) in [6, 6.07) is 3.95. The molecule has 206 valence electrons. The predicted molar refractivity (Wildman–Crippen MR) is 129 cm³/mol. The molecule has 8 nitrogen and oxygen atoms in total. The molecule has 0 aliphatic carbocycles. The molecule has 3 heterocycles. The molecule has 1 aromatic heterocycles. The van der Waals surface area contributed by atoms with Gasteiger partial charge in [-0.3, -0.25) is 14.8 Å². The van der Waals surface area contributed by atoms with Crippen molar-refractivity contribution in [1.29, 1.82) is 0 Å². The molecule has 1 aromatic carbocycles. The first-order valence-corrected chi connectivity index (χ1v) is 12.3. The summed E-state index contributed by atoms with van der Waals surface area (Å²) >= 11 is 0. The second kappa shape index (κ2) is 10.5. The number of esters is 1. The summed E-state index contributed by atoms with van der Waals surface area (Å²) in [5.74, 6) is -1.97. The standard InChI is InChI=1S/C26H30F4N4O4/c1-15(2)38-24(36)18-13-34(14-25(3,4)20-21(18)31-32-22(20)26(28,29)30)23(35)16-5-6-19(27)17(11-16)12-33-7-9-37-10-8-33/h5-6,11,13,15H,7-10,12,14H2,1-4H3,(H,31,32). The minimum Gasteiger partial charge on any atom is -0.459 e. The average Bonchev–Trinajstić information content (AvgIpc) is 3.25. The fraction of sp³-hybridized carbons (Fsp3) is 0.500. The first-order valence-electron chi connectivity index (χ1n) is 12.3. The maximum Gasteiger partial charge on any atom is 0.435 e. The zero-order valence-electron chi connectivity index (χ0n) is 21.6. The maximum atomic E-state index is 14.6. The Hall–Kier alpha value is -3.25.